The number of ether oxygens (including phenoxy) is 1. The molecule has 1 aliphatic heterocycles. The summed E-state index contributed by atoms with van der Waals surface area (Å²) in [6, 6.07) is 9.75. The fraction of sp³-hybridized carbons (Fsp3) is 0.250. The van der Waals surface area contributed by atoms with Crippen molar-refractivity contribution in [2.45, 2.75) is 9.79 Å². The first-order chi connectivity index (χ1) is 12.7. The monoisotopic (exact) mass is 431 g/mol. The fourth-order valence-electron chi connectivity index (χ4n) is 2.69. The summed E-state index contributed by atoms with van der Waals surface area (Å²) in [5, 5.41) is 5.45. The minimum atomic E-state index is -4.06. The van der Waals surface area contributed by atoms with Gasteiger partial charge < -0.3 is 9.64 Å². The maximum absolute atomic E-state index is 12.8. The van der Waals surface area contributed by atoms with Gasteiger partial charge in [0, 0.05) is 18.1 Å². The number of benzene rings is 2. The zero-order chi connectivity index (χ0) is 19.7. The molecule has 27 heavy (non-hydrogen) atoms. The summed E-state index contributed by atoms with van der Waals surface area (Å²) in [6.07, 6.45) is 0. The number of hydrogen-bond acceptors (Lipinski definition) is 6. The van der Waals surface area contributed by atoms with E-state index in [9.17, 15) is 16.8 Å². The fourth-order valence-corrected chi connectivity index (χ4v) is 4.61. The van der Waals surface area contributed by atoms with Gasteiger partial charge in [-0.25, -0.2) is 22.0 Å². The zero-order valence-corrected chi connectivity index (χ0v) is 16.5. The van der Waals surface area contributed by atoms with Crippen molar-refractivity contribution in [3.63, 3.8) is 0 Å². The Morgan fingerprint density at radius 3 is 2.33 bits per heavy atom. The lowest BCUT2D eigenvalue weighted by molar-refractivity contribution is 0.123. The summed E-state index contributed by atoms with van der Waals surface area (Å²) in [5.74, 6) is 0. The molecule has 1 fully saturated rings. The van der Waals surface area contributed by atoms with E-state index in [0.717, 1.165) is 6.07 Å². The van der Waals surface area contributed by atoms with E-state index >= 15 is 0 Å². The van der Waals surface area contributed by atoms with Gasteiger partial charge in [-0.2, -0.15) is 0 Å². The molecule has 0 amide bonds. The third kappa shape index (κ3) is 4.71. The maximum Gasteiger partial charge on any atom is 0.262 e. The van der Waals surface area contributed by atoms with Crippen LogP contribution in [0.2, 0.25) is 5.02 Å². The third-order valence-corrected chi connectivity index (χ3v) is 6.51. The molecule has 146 valence electrons. The van der Waals surface area contributed by atoms with Crippen LogP contribution in [-0.4, -0.2) is 43.1 Å². The van der Waals surface area contributed by atoms with Crippen LogP contribution in [0.1, 0.15) is 0 Å². The van der Waals surface area contributed by atoms with Crippen molar-refractivity contribution < 1.29 is 21.6 Å². The summed E-state index contributed by atoms with van der Waals surface area (Å²) < 4.78 is 56.4. The highest BCUT2D eigenvalue weighted by molar-refractivity contribution is 7.93. The lowest BCUT2D eigenvalue weighted by atomic mass is 10.2. The normalized spacial score (nSPS) is 15.6. The summed E-state index contributed by atoms with van der Waals surface area (Å²) in [7, 11) is -8.09. The molecule has 2 aromatic rings. The van der Waals surface area contributed by atoms with Crippen molar-refractivity contribution in [2.24, 2.45) is 5.14 Å². The standard InChI is InChI=1S/C16H18ClN3O5S2/c17-12-4-5-16(20-6-8-25-9-7-20)15(10-12)19-27(23,24)14-3-1-2-13(11-14)26(18,21)22/h1-5,10-11,19H,6-9H2,(H2,18,21,22). The molecule has 0 radical (unpaired) electrons. The van der Waals surface area contributed by atoms with Crippen LogP contribution in [-0.2, 0) is 24.8 Å². The summed E-state index contributed by atoms with van der Waals surface area (Å²) in [6.45, 7) is 2.28. The van der Waals surface area contributed by atoms with Crippen LogP contribution in [0.4, 0.5) is 11.4 Å². The topological polar surface area (TPSA) is 119 Å². The zero-order valence-electron chi connectivity index (χ0n) is 14.1. The number of sulfonamides is 2. The summed E-state index contributed by atoms with van der Waals surface area (Å²) >= 11 is 6.04. The van der Waals surface area contributed by atoms with Crippen LogP contribution in [0, 0.1) is 0 Å². The average Bonchev–Trinajstić information content (AvgIpc) is 2.62. The van der Waals surface area contributed by atoms with E-state index < -0.39 is 20.0 Å². The minimum Gasteiger partial charge on any atom is -0.378 e. The van der Waals surface area contributed by atoms with E-state index in [1.807, 2.05) is 4.90 Å². The van der Waals surface area contributed by atoms with Crippen molar-refractivity contribution in [3.8, 4) is 0 Å². The first-order valence-electron chi connectivity index (χ1n) is 7.95. The van der Waals surface area contributed by atoms with E-state index in [2.05, 4.69) is 4.72 Å². The SMILES string of the molecule is NS(=O)(=O)c1cccc(S(=O)(=O)Nc2cc(Cl)ccc2N2CCOCC2)c1. The van der Waals surface area contributed by atoms with Gasteiger partial charge in [0.2, 0.25) is 10.0 Å². The maximum atomic E-state index is 12.8. The van der Waals surface area contributed by atoms with Gasteiger partial charge in [-0.15, -0.1) is 0 Å². The largest absolute Gasteiger partial charge is 0.378 e. The number of rotatable bonds is 5. The van der Waals surface area contributed by atoms with Crippen LogP contribution in [0.5, 0.6) is 0 Å². The quantitative estimate of drug-likeness (QED) is 0.742. The third-order valence-electron chi connectivity index (χ3n) is 4.00. The molecule has 0 unspecified atom stereocenters. The van der Waals surface area contributed by atoms with Crippen LogP contribution in [0.25, 0.3) is 0 Å². The first-order valence-corrected chi connectivity index (χ1v) is 11.4. The molecule has 1 saturated heterocycles. The Hall–Kier alpha value is -1.85. The molecule has 0 aliphatic carbocycles. The summed E-state index contributed by atoms with van der Waals surface area (Å²) in [5.41, 5.74) is 0.958. The van der Waals surface area contributed by atoms with Gasteiger partial charge in [-0.05, 0) is 36.4 Å². The van der Waals surface area contributed by atoms with Gasteiger partial charge in [0.05, 0.1) is 34.4 Å². The van der Waals surface area contributed by atoms with Gasteiger partial charge in [0.25, 0.3) is 10.0 Å². The molecular weight excluding hydrogens is 414 g/mol. The number of nitrogens with one attached hydrogen (secondary N) is 1. The van der Waals surface area contributed by atoms with Crippen molar-refractivity contribution in [1.82, 2.24) is 0 Å². The van der Waals surface area contributed by atoms with Crippen LogP contribution in [0.15, 0.2) is 52.3 Å². The van der Waals surface area contributed by atoms with E-state index in [1.165, 1.54) is 24.3 Å². The number of anilines is 2. The smallest absolute Gasteiger partial charge is 0.262 e. The molecule has 0 saturated carbocycles. The van der Waals surface area contributed by atoms with Crippen LogP contribution < -0.4 is 14.8 Å². The van der Waals surface area contributed by atoms with Crippen LogP contribution in [0.3, 0.4) is 0 Å². The van der Waals surface area contributed by atoms with Crippen LogP contribution >= 0.6 is 11.6 Å². The molecule has 1 heterocycles. The van der Waals surface area contributed by atoms with E-state index in [0.29, 0.717) is 42.7 Å². The number of nitrogens with two attached hydrogens (primary N) is 1. The highest BCUT2D eigenvalue weighted by atomic mass is 35.5. The number of hydrogen-bond donors (Lipinski definition) is 2. The second kappa shape index (κ2) is 7.64. The molecule has 3 N–H and O–H groups in total. The van der Waals surface area contributed by atoms with E-state index in [1.54, 1.807) is 12.1 Å². The Morgan fingerprint density at radius 1 is 1.00 bits per heavy atom. The van der Waals surface area contributed by atoms with Gasteiger partial charge in [-0.3, -0.25) is 4.72 Å². The van der Waals surface area contributed by atoms with Crippen molar-refractivity contribution in [2.75, 3.05) is 35.9 Å². The molecule has 3 rings (SSSR count). The molecular formula is C16H18ClN3O5S2. The molecule has 0 bridgehead atoms. The predicted molar refractivity (Wildman–Crippen MR) is 103 cm³/mol. The average molecular weight is 432 g/mol. The second-order valence-electron chi connectivity index (χ2n) is 5.89. The first kappa shape index (κ1) is 19.9. The van der Waals surface area contributed by atoms with Gasteiger partial charge >= 0.3 is 0 Å². The Labute approximate surface area is 163 Å². The van der Waals surface area contributed by atoms with E-state index in [4.69, 9.17) is 21.5 Å². The number of nitrogens with zero attached hydrogens (tertiary/aromatic N) is 1. The Kier molecular flexibility index (Phi) is 5.63. The van der Waals surface area contributed by atoms with Crippen molar-refractivity contribution in [1.29, 1.82) is 0 Å². The highest BCUT2D eigenvalue weighted by Gasteiger charge is 2.21. The lowest BCUT2D eigenvalue weighted by Crippen LogP contribution is -2.36. The van der Waals surface area contributed by atoms with Gasteiger partial charge in [-0.1, -0.05) is 17.7 Å². The Morgan fingerprint density at radius 2 is 1.67 bits per heavy atom. The number of morpholine rings is 1. The lowest BCUT2D eigenvalue weighted by Gasteiger charge is -2.30. The Balaban J connectivity index is 1.98. The predicted octanol–water partition coefficient (Wildman–Crippen LogP) is 1.62. The molecule has 0 spiro atoms. The molecule has 0 aromatic heterocycles. The molecule has 1 aliphatic rings. The van der Waals surface area contributed by atoms with Crippen molar-refractivity contribution in [3.05, 3.63) is 47.5 Å². The molecule has 11 heteroatoms. The van der Waals surface area contributed by atoms with Gasteiger partial charge in [0.15, 0.2) is 0 Å². The van der Waals surface area contributed by atoms with Crippen molar-refractivity contribution >= 4 is 43.0 Å². The Bertz CT molecular complexity index is 1050. The summed E-state index contributed by atoms with van der Waals surface area (Å²) in [4.78, 5) is 1.48. The van der Waals surface area contributed by atoms with E-state index in [-0.39, 0.29) is 9.79 Å². The van der Waals surface area contributed by atoms with Gasteiger partial charge in [0.1, 0.15) is 0 Å². The number of primary sulfonamides is 1. The minimum absolute atomic E-state index is 0.220. The molecule has 2 aromatic carbocycles. The highest BCUT2D eigenvalue weighted by Crippen LogP contribution is 2.32. The molecule has 0 atom stereocenters. The molecule has 8 nitrogen and oxygen atoms in total. The number of halogens is 1. The second-order valence-corrected chi connectivity index (χ2v) is 9.57.